The molecule has 0 saturated carbocycles. The fourth-order valence-corrected chi connectivity index (χ4v) is 2.65. The van der Waals surface area contributed by atoms with E-state index >= 15 is 0 Å². The summed E-state index contributed by atoms with van der Waals surface area (Å²) in [5.41, 5.74) is 2.73. The zero-order valence-electron chi connectivity index (χ0n) is 10.7. The lowest BCUT2D eigenvalue weighted by Crippen LogP contribution is -2.44. The predicted molar refractivity (Wildman–Crippen MR) is 71.8 cm³/mol. The predicted octanol–water partition coefficient (Wildman–Crippen LogP) is 0.574. The van der Waals surface area contributed by atoms with Crippen molar-refractivity contribution in [3.63, 3.8) is 0 Å². The van der Waals surface area contributed by atoms with Crippen LogP contribution in [-0.2, 0) is 13.1 Å². The molecule has 0 unspecified atom stereocenters. The highest BCUT2D eigenvalue weighted by Gasteiger charge is 2.15. The van der Waals surface area contributed by atoms with Crippen molar-refractivity contribution in [3.8, 4) is 5.75 Å². The summed E-state index contributed by atoms with van der Waals surface area (Å²) in [6.07, 6.45) is 0. The Balaban J connectivity index is 1.52. The summed E-state index contributed by atoms with van der Waals surface area (Å²) in [5.74, 6) is 1.06. The monoisotopic (exact) mass is 247 g/mol. The lowest BCUT2D eigenvalue weighted by Gasteiger charge is -2.27. The smallest absolute Gasteiger partial charge is 0.124 e. The maximum Gasteiger partial charge on any atom is 0.124 e. The molecule has 2 aliphatic rings. The van der Waals surface area contributed by atoms with E-state index in [-0.39, 0.29) is 0 Å². The van der Waals surface area contributed by atoms with Crippen LogP contribution < -0.4 is 15.4 Å². The first-order valence-electron chi connectivity index (χ1n) is 6.81. The van der Waals surface area contributed by atoms with Crippen LogP contribution in [0.5, 0.6) is 5.75 Å². The third-order valence-electron chi connectivity index (χ3n) is 3.72. The van der Waals surface area contributed by atoms with Crippen LogP contribution >= 0.6 is 0 Å². The maximum atomic E-state index is 5.95. The number of benzene rings is 1. The van der Waals surface area contributed by atoms with Crippen LogP contribution in [0.25, 0.3) is 0 Å². The van der Waals surface area contributed by atoms with Gasteiger partial charge < -0.3 is 15.4 Å². The highest BCUT2D eigenvalue weighted by atomic mass is 16.5. The zero-order chi connectivity index (χ0) is 12.2. The van der Waals surface area contributed by atoms with Crippen LogP contribution in [-0.4, -0.2) is 44.2 Å². The van der Waals surface area contributed by atoms with Gasteiger partial charge >= 0.3 is 0 Å². The van der Waals surface area contributed by atoms with E-state index < -0.39 is 0 Å². The molecule has 0 amide bonds. The van der Waals surface area contributed by atoms with Crippen molar-refractivity contribution in [2.75, 3.05) is 39.3 Å². The molecule has 3 rings (SSSR count). The fourth-order valence-electron chi connectivity index (χ4n) is 2.65. The van der Waals surface area contributed by atoms with Crippen LogP contribution in [0.1, 0.15) is 11.1 Å². The third kappa shape index (κ3) is 2.66. The summed E-state index contributed by atoms with van der Waals surface area (Å²) < 4.78 is 5.95. The maximum absolute atomic E-state index is 5.95. The second-order valence-electron chi connectivity index (χ2n) is 4.94. The first kappa shape index (κ1) is 12.0. The SMILES string of the molecule is c1cc2c(c(OCCN3CCNCC3)c1)CNC2. The molecule has 4 heteroatoms. The summed E-state index contributed by atoms with van der Waals surface area (Å²) in [5, 5.41) is 6.74. The van der Waals surface area contributed by atoms with Crippen LogP contribution in [0.4, 0.5) is 0 Å². The van der Waals surface area contributed by atoms with Crippen LogP contribution in [0.15, 0.2) is 18.2 Å². The Labute approximate surface area is 108 Å². The first-order chi connectivity index (χ1) is 8.93. The van der Waals surface area contributed by atoms with Crippen molar-refractivity contribution in [2.45, 2.75) is 13.1 Å². The summed E-state index contributed by atoms with van der Waals surface area (Å²) >= 11 is 0. The summed E-state index contributed by atoms with van der Waals surface area (Å²) in [6.45, 7) is 8.21. The van der Waals surface area contributed by atoms with Gasteiger partial charge in [0.25, 0.3) is 0 Å². The molecule has 1 aromatic rings. The Hall–Kier alpha value is -1.10. The molecular weight excluding hydrogens is 226 g/mol. The van der Waals surface area contributed by atoms with Gasteiger partial charge in [-0.2, -0.15) is 0 Å². The molecule has 0 radical (unpaired) electrons. The lowest BCUT2D eigenvalue weighted by atomic mass is 10.1. The number of fused-ring (bicyclic) bond motifs is 1. The minimum Gasteiger partial charge on any atom is -0.492 e. The molecule has 0 atom stereocenters. The van der Waals surface area contributed by atoms with Gasteiger partial charge in [-0.1, -0.05) is 12.1 Å². The number of nitrogens with one attached hydrogen (secondary N) is 2. The molecule has 1 saturated heterocycles. The van der Waals surface area contributed by atoms with Gasteiger partial charge in [-0.3, -0.25) is 4.90 Å². The van der Waals surface area contributed by atoms with Crippen molar-refractivity contribution in [1.29, 1.82) is 0 Å². The lowest BCUT2D eigenvalue weighted by molar-refractivity contribution is 0.190. The van der Waals surface area contributed by atoms with Crippen LogP contribution in [0.2, 0.25) is 0 Å². The second-order valence-corrected chi connectivity index (χ2v) is 4.94. The van der Waals surface area contributed by atoms with E-state index in [9.17, 15) is 0 Å². The summed E-state index contributed by atoms with van der Waals surface area (Å²) in [4.78, 5) is 2.46. The Morgan fingerprint density at radius 2 is 2.00 bits per heavy atom. The normalized spacial score (nSPS) is 19.8. The molecule has 1 aromatic carbocycles. The fraction of sp³-hybridized carbons (Fsp3) is 0.571. The standard InChI is InChI=1S/C14H21N3O/c1-2-12-10-16-11-13(12)14(3-1)18-9-8-17-6-4-15-5-7-17/h1-3,15-16H,4-11H2. The van der Waals surface area contributed by atoms with Crippen LogP contribution in [0, 0.1) is 0 Å². The van der Waals surface area contributed by atoms with Crippen molar-refractivity contribution in [1.82, 2.24) is 15.5 Å². The molecule has 2 N–H and O–H groups in total. The molecule has 1 fully saturated rings. The molecule has 0 bridgehead atoms. The molecule has 18 heavy (non-hydrogen) atoms. The van der Waals surface area contributed by atoms with E-state index in [1.165, 1.54) is 11.1 Å². The van der Waals surface area contributed by atoms with Gasteiger partial charge in [-0.05, 0) is 11.6 Å². The topological polar surface area (TPSA) is 36.5 Å². The van der Waals surface area contributed by atoms with E-state index in [4.69, 9.17) is 4.74 Å². The van der Waals surface area contributed by atoms with E-state index in [2.05, 4.69) is 33.7 Å². The zero-order valence-corrected chi connectivity index (χ0v) is 10.7. The Bertz CT molecular complexity index is 402. The van der Waals surface area contributed by atoms with Crippen molar-refractivity contribution >= 4 is 0 Å². The number of nitrogens with zero attached hydrogens (tertiary/aromatic N) is 1. The average molecular weight is 247 g/mol. The van der Waals surface area contributed by atoms with Gasteiger partial charge in [0.05, 0.1) is 0 Å². The average Bonchev–Trinajstić information content (AvgIpc) is 2.89. The first-order valence-corrected chi connectivity index (χ1v) is 6.81. The van der Waals surface area contributed by atoms with Gasteiger partial charge in [0, 0.05) is 51.4 Å². The quantitative estimate of drug-likeness (QED) is 0.816. The number of hydrogen-bond acceptors (Lipinski definition) is 4. The minimum absolute atomic E-state index is 0.788. The van der Waals surface area contributed by atoms with Crippen molar-refractivity contribution < 1.29 is 4.74 Å². The molecule has 2 heterocycles. The summed E-state index contributed by atoms with van der Waals surface area (Å²) in [7, 11) is 0. The van der Waals surface area contributed by atoms with E-state index in [0.29, 0.717) is 0 Å². The van der Waals surface area contributed by atoms with Gasteiger partial charge in [-0.15, -0.1) is 0 Å². The van der Waals surface area contributed by atoms with Gasteiger partial charge in [0.2, 0.25) is 0 Å². The molecule has 0 aliphatic carbocycles. The highest BCUT2D eigenvalue weighted by molar-refractivity contribution is 5.42. The summed E-state index contributed by atoms with van der Waals surface area (Å²) in [6, 6.07) is 6.36. The van der Waals surface area contributed by atoms with E-state index in [1.54, 1.807) is 0 Å². The van der Waals surface area contributed by atoms with Gasteiger partial charge in [0.1, 0.15) is 12.4 Å². The van der Waals surface area contributed by atoms with Crippen molar-refractivity contribution in [3.05, 3.63) is 29.3 Å². The minimum atomic E-state index is 0.788. The molecule has 0 aromatic heterocycles. The van der Waals surface area contributed by atoms with E-state index in [0.717, 1.165) is 58.2 Å². The number of ether oxygens (including phenoxy) is 1. The number of piperazine rings is 1. The number of hydrogen-bond donors (Lipinski definition) is 2. The van der Waals surface area contributed by atoms with Crippen LogP contribution in [0.3, 0.4) is 0 Å². The molecule has 2 aliphatic heterocycles. The number of rotatable bonds is 4. The molecular formula is C14H21N3O. The highest BCUT2D eigenvalue weighted by Crippen LogP contribution is 2.25. The molecule has 4 nitrogen and oxygen atoms in total. The van der Waals surface area contributed by atoms with E-state index in [1.807, 2.05) is 0 Å². The second kappa shape index (κ2) is 5.69. The molecule has 98 valence electrons. The Morgan fingerprint density at radius 1 is 1.11 bits per heavy atom. The largest absolute Gasteiger partial charge is 0.492 e. The van der Waals surface area contributed by atoms with Gasteiger partial charge in [-0.25, -0.2) is 0 Å². The molecule has 0 spiro atoms. The Kier molecular flexibility index (Phi) is 3.78. The van der Waals surface area contributed by atoms with Gasteiger partial charge in [0.15, 0.2) is 0 Å². The van der Waals surface area contributed by atoms with Crippen molar-refractivity contribution in [2.24, 2.45) is 0 Å². The third-order valence-corrected chi connectivity index (χ3v) is 3.72. The Morgan fingerprint density at radius 3 is 2.89 bits per heavy atom.